The van der Waals surface area contributed by atoms with Crippen LogP contribution in [0.2, 0.25) is 0 Å². The molecule has 0 radical (unpaired) electrons. The lowest BCUT2D eigenvalue weighted by Gasteiger charge is -2.26. The van der Waals surface area contributed by atoms with Gasteiger partial charge in [-0.2, -0.15) is 5.26 Å². The first-order valence-electron chi connectivity index (χ1n) is 10.0. The first kappa shape index (κ1) is 23.2. The summed E-state index contributed by atoms with van der Waals surface area (Å²) in [4.78, 5) is 17.7. The van der Waals surface area contributed by atoms with Gasteiger partial charge in [0, 0.05) is 23.4 Å². The van der Waals surface area contributed by atoms with Gasteiger partial charge in [0.1, 0.15) is 17.6 Å². The molecule has 2 heterocycles. The molecule has 1 atom stereocenters. The Morgan fingerprint density at radius 3 is 2.53 bits per heavy atom. The van der Waals surface area contributed by atoms with E-state index in [1.165, 1.54) is 49.7 Å². The van der Waals surface area contributed by atoms with Crippen LogP contribution in [0.3, 0.4) is 0 Å². The number of hydrogen-bond acceptors (Lipinski definition) is 8. The Hall–Kier alpha value is -4.01. The molecule has 1 aliphatic heterocycles. The molecular formula is C23H19FN4O5S. The summed E-state index contributed by atoms with van der Waals surface area (Å²) in [5, 5.41) is 9.35. The highest BCUT2D eigenvalue weighted by atomic mass is 32.2. The molecule has 2 aromatic carbocycles. The number of sulfonamides is 1. The number of aromatic nitrogens is 1. The van der Waals surface area contributed by atoms with Crippen LogP contribution in [-0.2, 0) is 20.4 Å². The van der Waals surface area contributed by atoms with Crippen molar-refractivity contribution in [1.82, 2.24) is 4.98 Å². The maximum absolute atomic E-state index is 14.6. The van der Waals surface area contributed by atoms with Gasteiger partial charge in [-0.3, -0.25) is 4.79 Å². The Labute approximate surface area is 195 Å². The number of nitriles is 1. The largest absolute Gasteiger partial charge is 0.497 e. The SMILES string of the molecule is CCOc1ncccc1C1(N)C(=O)N(S(=O)(=O)c2ccc(OC)cc2)c2cc(F)c(C#N)cc21. The number of nitrogens with zero attached hydrogens (tertiary/aromatic N) is 3. The maximum Gasteiger partial charge on any atom is 0.270 e. The molecule has 4 rings (SSSR count). The third kappa shape index (κ3) is 3.35. The van der Waals surface area contributed by atoms with Crippen molar-refractivity contribution in [3.8, 4) is 17.7 Å². The number of rotatable bonds is 6. The van der Waals surface area contributed by atoms with Gasteiger partial charge >= 0.3 is 0 Å². The molecule has 2 N–H and O–H groups in total. The van der Waals surface area contributed by atoms with Crippen LogP contribution in [0.25, 0.3) is 0 Å². The summed E-state index contributed by atoms with van der Waals surface area (Å²) in [6, 6.07) is 11.9. The molecule has 0 saturated heterocycles. The Balaban J connectivity index is 2.00. The van der Waals surface area contributed by atoms with Gasteiger partial charge in [0.15, 0.2) is 5.54 Å². The number of amides is 1. The first-order chi connectivity index (χ1) is 16.2. The molecule has 1 unspecified atom stereocenters. The standard InChI is InChI=1S/C23H19FN4O5S/c1-3-33-21-17(5-4-10-27-21)23(26)18-11-14(13-25)19(24)12-20(18)28(22(23)29)34(30,31)16-8-6-15(32-2)7-9-16/h4-12H,3,26H2,1-2H3. The van der Waals surface area contributed by atoms with E-state index in [1.807, 2.05) is 0 Å². The quantitative estimate of drug-likeness (QED) is 0.566. The summed E-state index contributed by atoms with van der Waals surface area (Å²) < 4.78 is 52.8. The van der Waals surface area contributed by atoms with Gasteiger partial charge in [-0.15, -0.1) is 0 Å². The zero-order chi connectivity index (χ0) is 24.7. The second-order valence-corrected chi connectivity index (χ2v) is 9.09. The number of halogens is 1. The van der Waals surface area contributed by atoms with Crippen LogP contribution in [0.4, 0.5) is 10.1 Å². The number of benzene rings is 2. The number of ether oxygens (including phenoxy) is 2. The molecule has 11 heteroatoms. The molecule has 3 aromatic rings. The van der Waals surface area contributed by atoms with Crippen molar-refractivity contribution in [1.29, 1.82) is 5.26 Å². The second-order valence-electron chi connectivity index (χ2n) is 7.31. The number of nitrogens with two attached hydrogens (primary N) is 1. The first-order valence-corrected chi connectivity index (χ1v) is 11.5. The van der Waals surface area contributed by atoms with Crippen molar-refractivity contribution in [3.05, 3.63) is 77.2 Å². The molecule has 34 heavy (non-hydrogen) atoms. The van der Waals surface area contributed by atoms with Gasteiger partial charge in [-0.05, 0) is 49.4 Å². The average Bonchev–Trinajstić information content (AvgIpc) is 3.06. The van der Waals surface area contributed by atoms with E-state index in [1.54, 1.807) is 13.0 Å². The molecule has 9 nitrogen and oxygen atoms in total. The minimum atomic E-state index is -4.53. The molecule has 0 spiro atoms. The van der Waals surface area contributed by atoms with Gasteiger partial charge in [0.2, 0.25) is 5.88 Å². The fourth-order valence-electron chi connectivity index (χ4n) is 3.81. The smallest absolute Gasteiger partial charge is 0.270 e. The molecule has 174 valence electrons. The number of methoxy groups -OCH3 is 1. The van der Waals surface area contributed by atoms with Gasteiger partial charge < -0.3 is 15.2 Å². The number of fused-ring (bicyclic) bond motifs is 1. The molecular weight excluding hydrogens is 463 g/mol. The van der Waals surface area contributed by atoms with Crippen molar-refractivity contribution in [2.24, 2.45) is 5.73 Å². The summed E-state index contributed by atoms with van der Waals surface area (Å²) >= 11 is 0. The second kappa shape index (κ2) is 8.40. The fourth-order valence-corrected chi connectivity index (χ4v) is 5.27. The van der Waals surface area contributed by atoms with Gasteiger partial charge in [0.25, 0.3) is 15.9 Å². The fraction of sp³-hybridized carbons (Fsp3) is 0.174. The minimum Gasteiger partial charge on any atom is -0.497 e. The summed E-state index contributed by atoms with van der Waals surface area (Å²) in [6.45, 7) is 1.90. The van der Waals surface area contributed by atoms with Crippen LogP contribution in [0.15, 0.2) is 59.6 Å². The van der Waals surface area contributed by atoms with E-state index in [2.05, 4.69) is 4.98 Å². The third-order valence-corrected chi connectivity index (χ3v) is 7.16. The van der Waals surface area contributed by atoms with Crippen LogP contribution >= 0.6 is 0 Å². The highest BCUT2D eigenvalue weighted by Crippen LogP contribution is 2.48. The van der Waals surface area contributed by atoms with Crippen LogP contribution in [0.5, 0.6) is 11.6 Å². The Kier molecular flexibility index (Phi) is 5.72. The van der Waals surface area contributed by atoms with Crippen molar-refractivity contribution >= 4 is 21.6 Å². The topological polar surface area (TPSA) is 136 Å². The van der Waals surface area contributed by atoms with E-state index in [-0.39, 0.29) is 34.2 Å². The van der Waals surface area contributed by atoms with Crippen LogP contribution in [-0.4, -0.2) is 33.0 Å². The molecule has 0 saturated carbocycles. The lowest BCUT2D eigenvalue weighted by atomic mass is 9.84. The molecule has 1 aliphatic rings. The Morgan fingerprint density at radius 2 is 1.91 bits per heavy atom. The minimum absolute atomic E-state index is 0.0123. The van der Waals surface area contributed by atoms with Gasteiger partial charge in [-0.1, -0.05) is 0 Å². The third-order valence-electron chi connectivity index (χ3n) is 5.45. The number of pyridine rings is 1. The van der Waals surface area contributed by atoms with Gasteiger partial charge in [-0.25, -0.2) is 22.1 Å². The summed E-state index contributed by atoms with van der Waals surface area (Å²) in [6.07, 6.45) is 1.43. The number of hydrogen-bond donors (Lipinski definition) is 1. The van der Waals surface area contributed by atoms with Crippen molar-refractivity contribution < 1.29 is 27.1 Å². The molecule has 0 aliphatic carbocycles. The average molecular weight is 482 g/mol. The van der Waals surface area contributed by atoms with Crippen LogP contribution in [0, 0.1) is 17.1 Å². The normalized spacial score (nSPS) is 17.3. The maximum atomic E-state index is 14.6. The lowest BCUT2D eigenvalue weighted by Crippen LogP contribution is -2.50. The van der Waals surface area contributed by atoms with E-state index in [0.29, 0.717) is 10.1 Å². The predicted molar refractivity (Wildman–Crippen MR) is 119 cm³/mol. The summed E-state index contributed by atoms with van der Waals surface area (Å²) in [7, 11) is -3.11. The van der Waals surface area contributed by atoms with E-state index in [9.17, 15) is 22.9 Å². The summed E-state index contributed by atoms with van der Waals surface area (Å²) in [5.74, 6) is -1.65. The predicted octanol–water partition coefficient (Wildman–Crippen LogP) is 2.44. The monoisotopic (exact) mass is 482 g/mol. The van der Waals surface area contributed by atoms with E-state index >= 15 is 0 Å². The van der Waals surface area contributed by atoms with Gasteiger partial charge in [0.05, 0.1) is 29.9 Å². The number of carbonyl (C=O) groups is 1. The zero-order valence-electron chi connectivity index (χ0n) is 18.1. The highest BCUT2D eigenvalue weighted by molar-refractivity contribution is 7.93. The van der Waals surface area contributed by atoms with Crippen LogP contribution < -0.4 is 19.5 Å². The number of carbonyl (C=O) groups excluding carboxylic acids is 1. The van der Waals surface area contributed by atoms with Crippen molar-refractivity contribution in [2.75, 3.05) is 18.0 Å². The van der Waals surface area contributed by atoms with E-state index in [0.717, 1.165) is 12.1 Å². The van der Waals surface area contributed by atoms with E-state index < -0.39 is 32.9 Å². The Morgan fingerprint density at radius 1 is 1.21 bits per heavy atom. The molecule has 1 amide bonds. The molecule has 1 aromatic heterocycles. The summed E-state index contributed by atoms with van der Waals surface area (Å²) in [5.41, 5.74) is 3.82. The van der Waals surface area contributed by atoms with E-state index in [4.69, 9.17) is 15.2 Å². The van der Waals surface area contributed by atoms with Crippen molar-refractivity contribution in [2.45, 2.75) is 17.4 Å². The molecule has 0 bridgehead atoms. The highest BCUT2D eigenvalue weighted by Gasteiger charge is 2.55. The Bertz CT molecular complexity index is 1440. The lowest BCUT2D eigenvalue weighted by molar-refractivity contribution is -0.120. The zero-order valence-corrected chi connectivity index (χ0v) is 19.0. The van der Waals surface area contributed by atoms with Crippen LogP contribution in [0.1, 0.15) is 23.6 Å². The molecule has 0 fully saturated rings. The van der Waals surface area contributed by atoms with Crippen molar-refractivity contribution in [3.63, 3.8) is 0 Å². The number of anilines is 1.